The van der Waals surface area contributed by atoms with Gasteiger partial charge in [0.25, 0.3) is 0 Å². The van der Waals surface area contributed by atoms with Crippen molar-refractivity contribution in [3.63, 3.8) is 0 Å². The Kier molecular flexibility index (Phi) is 5.33. The summed E-state index contributed by atoms with van der Waals surface area (Å²) in [6.07, 6.45) is 0. The van der Waals surface area contributed by atoms with Gasteiger partial charge in [0.1, 0.15) is 11.1 Å². The van der Waals surface area contributed by atoms with E-state index in [9.17, 15) is 9.59 Å². The van der Waals surface area contributed by atoms with Gasteiger partial charge in [-0.1, -0.05) is 11.8 Å². The van der Waals surface area contributed by atoms with Crippen molar-refractivity contribution in [2.24, 2.45) is 0 Å². The molecule has 0 saturated heterocycles. The summed E-state index contributed by atoms with van der Waals surface area (Å²) in [6, 6.07) is 3.28. The number of ether oxygens (including phenoxy) is 1. The van der Waals surface area contributed by atoms with Crippen LogP contribution in [0.3, 0.4) is 0 Å². The number of rotatable bonds is 5. The molecule has 0 unspecified atom stereocenters. The number of esters is 1. The normalized spacial score (nSPS) is 9.74. The first-order chi connectivity index (χ1) is 8.99. The van der Waals surface area contributed by atoms with Gasteiger partial charge in [-0.2, -0.15) is 5.26 Å². The van der Waals surface area contributed by atoms with Crippen LogP contribution >= 0.6 is 11.8 Å². The van der Waals surface area contributed by atoms with Gasteiger partial charge in [0.05, 0.1) is 29.2 Å². The van der Waals surface area contributed by atoms with Gasteiger partial charge in [0.2, 0.25) is 0 Å². The highest BCUT2D eigenvalue weighted by atomic mass is 32.2. The van der Waals surface area contributed by atoms with E-state index in [2.05, 4.69) is 4.98 Å². The number of carboxylic acids is 1. The summed E-state index contributed by atoms with van der Waals surface area (Å²) >= 11 is 0.942. The molecule has 100 valence electrons. The second kappa shape index (κ2) is 6.75. The minimum Gasteiger partial charge on any atom is -0.481 e. The Bertz CT molecular complexity index is 551. The molecule has 1 aromatic rings. The number of thioether (sulfide) groups is 1. The van der Waals surface area contributed by atoms with E-state index in [-0.39, 0.29) is 23.5 Å². The fourth-order valence-corrected chi connectivity index (χ4v) is 2.04. The minimum atomic E-state index is -0.997. The van der Waals surface area contributed by atoms with Crippen LogP contribution < -0.4 is 0 Å². The molecule has 0 fully saturated rings. The van der Waals surface area contributed by atoms with Crippen molar-refractivity contribution < 1.29 is 19.4 Å². The maximum atomic E-state index is 11.6. The average molecular weight is 280 g/mol. The van der Waals surface area contributed by atoms with E-state index in [0.717, 1.165) is 11.8 Å². The van der Waals surface area contributed by atoms with Gasteiger partial charge >= 0.3 is 11.9 Å². The van der Waals surface area contributed by atoms with Crippen LogP contribution in [0.1, 0.15) is 28.5 Å². The molecule has 0 aromatic carbocycles. The highest BCUT2D eigenvalue weighted by Crippen LogP contribution is 2.23. The zero-order valence-corrected chi connectivity index (χ0v) is 11.3. The maximum Gasteiger partial charge on any atom is 0.340 e. The van der Waals surface area contributed by atoms with Crippen LogP contribution in [0, 0.1) is 18.3 Å². The zero-order valence-electron chi connectivity index (χ0n) is 10.5. The van der Waals surface area contributed by atoms with Crippen LogP contribution in [0.5, 0.6) is 0 Å². The van der Waals surface area contributed by atoms with Crippen LogP contribution in [0.2, 0.25) is 0 Å². The lowest BCUT2D eigenvalue weighted by atomic mass is 10.1. The molecule has 19 heavy (non-hydrogen) atoms. The lowest BCUT2D eigenvalue weighted by Gasteiger charge is -2.08. The standard InChI is InChI=1S/C12H12N2O4S/c1-3-18-12(17)9-4-8(5-13)11(14-7(9)2)19-6-10(15)16/h4H,3,6H2,1-2H3,(H,15,16). The minimum absolute atomic E-state index is 0.167. The molecule has 7 heteroatoms. The van der Waals surface area contributed by atoms with Crippen molar-refractivity contribution in [1.29, 1.82) is 5.26 Å². The number of hydrogen-bond acceptors (Lipinski definition) is 6. The summed E-state index contributed by atoms with van der Waals surface area (Å²) in [5.74, 6) is -1.73. The number of carbonyl (C=O) groups excluding carboxylic acids is 1. The molecule has 0 aliphatic rings. The van der Waals surface area contributed by atoms with Gasteiger partial charge < -0.3 is 9.84 Å². The molecular weight excluding hydrogens is 268 g/mol. The second-order valence-corrected chi connectivity index (χ2v) is 4.45. The molecule has 1 aromatic heterocycles. The molecule has 0 amide bonds. The van der Waals surface area contributed by atoms with E-state index in [0.29, 0.717) is 10.7 Å². The summed E-state index contributed by atoms with van der Waals surface area (Å²) in [5.41, 5.74) is 0.795. The quantitative estimate of drug-likeness (QED) is 0.646. The lowest BCUT2D eigenvalue weighted by molar-refractivity contribution is -0.133. The number of nitrogens with zero attached hydrogens (tertiary/aromatic N) is 2. The van der Waals surface area contributed by atoms with Crippen LogP contribution in [0.25, 0.3) is 0 Å². The van der Waals surface area contributed by atoms with Crippen LogP contribution in [0.4, 0.5) is 0 Å². The fraction of sp³-hybridized carbons (Fsp3) is 0.333. The fourth-order valence-electron chi connectivity index (χ4n) is 1.32. The summed E-state index contributed by atoms with van der Waals surface area (Å²) in [7, 11) is 0. The van der Waals surface area contributed by atoms with Crippen molar-refractivity contribution in [3.8, 4) is 6.07 Å². The number of pyridine rings is 1. The largest absolute Gasteiger partial charge is 0.481 e. The Morgan fingerprint density at radius 1 is 1.58 bits per heavy atom. The van der Waals surface area contributed by atoms with Crippen LogP contribution in [-0.2, 0) is 9.53 Å². The Labute approximate surface area is 114 Å². The molecule has 0 atom stereocenters. The number of carboxylic acid groups (broad SMARTS) is 1. The van der Waals surface area contributed by atoms with Crippen molar-refractivity contribution in [3.05, 3.63) is 22.9 Å². The predicted molar refractivity (Wildman–Crippen MR) is 68.0 cm³/mol. The van der Waals surface area contributed by atoms with E-state index in [1.54, 1.807) is 13.8 Å². The van der Waals surface area contributed by atoms with Crippen molar-refractivity contribution in [2.75, 3.05) is 12.4 Å². The van der Waals surface area contributed by atoms with Gasteiger partial charge in [-0.3, -0.25) is 4.79 Å². The van der Waals surface area contributed by atoms with Crippen LogP contribution in [-0.4, -0.2) is 34.4 Å². The van der Waals surface area contributed by atoms with Crippen LogP contribution in [0.15, 0.2) is 11.1 Å². The monoisotopic (exact) mass is 280 g/mol. The Balaban J connectivity index is 3.11. The zero-order chi connectivity index (χ0) is 14.4. The SMILES string of the molecule is CCOC(=O)c1cc(C#N)c(SCC(=O)O)nc1C. The smallest absolute Gasteiger partial charge is 0.340 e. The third kappa shape index (κ3) is 3.96. The Morgan fingerprint density at radius 3 is 2.79 bits per heavy atom. The Morgan fingerprint density at radius 2 is 2.26 bits per heavy atom. The van der Waals surface area contributed by atoms with Gasteiger partial charge in [-0.05, 0) is 19.9 Å². The van der Waals surface area contributed by atoms with Crippen molar-refractivity contribution in [1.82, 2.24) is 4.98 Å². The van der Waals surface area contributed by atoms with Crippen molar-refractivity contribution in [2.45, 2.75) is 18.9 Å². The highest BCUT2D eigenvalue weighted by molar-refractivity contribution is 7.99. The third-order valence-corrected chi connectivity index (χ3v) is 3.10. The number of aliphatic carboxylic acids is 1. The average Bonchev–Trinajstić information content (AvgIpc) is 2.36. The molecule has 1 N–H and O–H groups in total. The van der Waals surface area contributed by atoms with E-state index in [4.69, 9.17) is 15.1 Å². The Hall–Kier alpha value is -2.07. The van der Waals surface area contributed by atoms with Gasteiger partial charge in [-0.15, -0.1) is 0 Å². The topological polar surface area (TPSA) is 100 Å². The molecule has 0 aliphatic carbocycles. The molecule has 0 bridgehead atoms. The van der Waals surface area contributed by atoms with Gasteiger partial charge in [0.15, 0.2) is 0 Å². The lowest BCUT2D eigenvalue weighted by Crippen LogP contribution is -2.09. The highest BCUT2D eigenvalue weighted by Gasteiger charge is 2.16. The van der Waals surface area contributed by atoms with Gasteiger partial charge in [0, 0.05) is 0 Å². The molecular formula is C12H12N2O4S. The molecule has 0 spiro atoms. The number of aromatic nitrogens is 1. The maximum absolute atomic E-state index is 11.6. The first kappa shape index (κ1) is 15.0. The number of carbonyl (C=O) groups is 2. The summed E-state index contributed by atoms with van der Waals surface area (Å²) in [6.45, 7) is 3.52. The third-order valence-electron chi connectivity index (χ3n) is 2.13. The van der Waals surface area contributed by atoms with E-state index >= 15 is 0 Å². The summed E-state index contributed by atoms with van der Waals surface area (Å²) in [5, 5.41) is 17.9. The molecule has 6 nitrogen and oxygen atoms in total. The molecule has 0 radical (unpaired) electrons. The van der Waals surface area contributed by atoms with Crippen molar-refractivity contribution >= 4 is 23.7 Å². The molecule has 1 heterocycles. The van der Waals surface area contributed by atoms with E-state index < -0.39 is 11.9 Å². The summed E-state index contributed by atoms with van der Waals surface area (Å²) in [4.78, 5) is 26.2. The molecule has 0 saturated carbocycles. The van der Waals surface area contributed by atoms with E-state index in [1.807, 2.05) is 6.07 Å². The van der Waals surface area contributed by atoms with E-state index in [1.165, 1.54) is 6.07 Å². The summed E-state index contributed by atoms with van der Waals surface area (Å²) < 4.78 is 4.86. The van der Waals surface area contributed by atoms with Gasteiger partial charge in [-0.25, -0.2) is 9.78 Å². The predicted octanol–water partition coefficient (Wildman–Crippen LogP) is 1.62. The first-order valence-electron chi connectivity index (χ1n) is 5.43. The molecule has 1 rings (SSSR count). The number of nitriles is 1. The number of hydrogen-bond donors (Lipinski definition) is 1. The first-order valence-corrected chi connectivity index (χ1v) is 6.41. The second-order valence-electron chi connectivity index (χ2n) is 3.49. The molecule has 0 aliphatic heterocycles. The number of aryl methyl sites for hydroxylation is 1.